The Hall–Kier alpha value is -1.81. The molecule has 60 heavy (non-hydrogen) atoms. The van der Waals surface area contributed by atoms with E-state index in [9.17, 15) is 0 Å². The summed E-state index contributed by atoms with van der Waals surface area (Å²) in [7, 11) is -8.99. The first-order valence-electron chi connectivity index (χ1n) is 22.6. The summed E-state index contributed by atoms with van der Waals surface area (Å²) in [6, 6.07) is 20.0. The van der Waals surface area contributed by atoms with Crippen LogP contribution in [0.4, 0.5) is 5.69 Å². The molecular weight excluding hydrogens is 807 g/mol. The van der Waals surface area contributed by atoms with Gasteiger partial charge in [-0.3, -0.25) is 4.90 Å². The standard InChI is InChI=1S/C49H87N3O4Si4/c1-36-28-39(41-26-23-27-50-41)31-40(29-36)51-32-37-24-22-25-38(30-37)33-52-34-43(54-58(16,17)47(5,6)7)45(56-60(20,21)49(11,12)13)44(55-59(18,19)48(8,9)10)42(52)35-53-57(14,15)46(2,3)4/h22-31,42-45,50-51H,32-35H2,1-21H3/t42-,43?,44?,45?/m1/s1. The van der Waals surface area contributed by atoms with Crippen LogP contribution in [0.15, 0.2) is 60.8 Å². The average Bonchev–Trinajstić information content (AvgIpc) is 3.62. The van der Waals surface area contributed by atoms with Gasteiger partial charge in [0.15, 0.2) is 33.3 Å². The molecule has 2 aromatic carbocycles. The third-order valence-electron chi connectivity index (χ3n) is 15.0. The van der Waals surface area contributed by atoms with Gasteiger partial charge in [-0.05, 0) is 126 Å². The lowest BCUT2D eigenvalue weighted by atomic mass is 9.93. The summed E-state index contributed by atoms with van der Waals surface area (Å²) in [4.78, 5) is 6.02. The van der Waals surface area contributed by atoms with Crippen molar-refractivity contribution in [2.75, 3.05) is 18.5 Å². The highest BCUT2D eigenvalue weighted by molar-refractivity contribution is 6.75. The van der Waals surface area contributed by atoms with Crippen LogP contribution in [-0.4, -0.2) is 80.7 Å². The molecule has 2 N–H and O–H groups in total. The minimum absolute atomic E-state index is 0.0122. The Labute approximate surface area is 372 Å². The van der Waals surface area contributed by atoms with Crippen LogP contribution in [-0.2, 0) is 30.8 Å². The van der Waals surface area contributed by atoms with Gasteiger partial charge in [-0.25, -0.2) is 0 Å². The first-order chi connectivity index (χ1) is 27.1. The molecule has 2 heterocycles. The second-order valence-electron chi connectivity index (χ2n) is 24.0. The number of hydrogen-bond acceptors (Lipinski definition) is 6. The number of aromatic nitrogens is 1. The predicted octanol–water partition coefficient (Wildman–Crippen LogP) is 14.0. The average molecular weight is 895 g/mol. The molecule has 1 saturated heterocycles. The van der Waals surface area contributed by atoms with Gasteiger partial charge in [0.05, 0.1) is 31.0 Å². The Morgan fingerprint density at radius 2 is 1.17 bits per heavy atom. The first-order valence-corrected chi connectivity index (χ1v) is 34.3. The fourth-order valence-electron chi connectivity index (χ4n) is 6.81. The maximum absolute atomic E-state index is 7.79. The molecule has 1 aliphatic rings. The second kappa shape index (κ2) is 18.4. The molecule has 0 amide bonds. The normalized spacial score (nSPS) is 20.8. The molecule has 7 nitrogen and oxygen atoms in total. The topological polar surface area (TPSA) is 68.0 Å². The van der Waals surface area contributed by atoms with Gasteiger partial charge in [0.1, 0.15) is 0 Å². The molecule has 0 spiro atoms. The third kappa shape index (κ3) is 12.5. The van der Waals surface area contributed by atoms with Crippen molar-refractivity contribution in [2.45, 2.75) is 200 Å². The highest BCUT2D eigenvalue weighted by Crippen LogP contribution is 2.46. The Morgan fingerprint density at radius 3 is 1.70 bits per heavy atom. The van der Waals surface area contributed by atoms with Gasteiger partial charge in [-0.15, -0.1) is 0 Å². The van der Waals surface area contributed by atoms with Crippen molar-refractivity contribution >= 4 is 39.0 Å². The summed E-state index contributed by atoms with van der Waals surface area (Å²) in [6.07, 6.45) is 1.37. The van der Waals surface area contributed by atoms with Gasteiger partial charge in [0, 0.05) is 42.8 Å². The molecule has 0 bridgehead atoms. The summed E-state index contributed by atoms with van der Waals surface area (Å²) in [5.74, 6) is 0. The van der Waals surface area contributed by atoms with Crippen molar-refractivity contribution in [1.29, 1.82) is 0 Å². The number of benzene rings is 2. The summed E-state index contributed by atoms with van der Waals surface area (Å²) < 4.78 is 30.4. The largest absolute Gasteiger partial charge is 0.415 e. The highest BCUT2D eigenvalue weighted by Gasteiger charge is 2.55. The number of rotatable bonds is 15. The second-order valence-corrected chi connectivity index (χ2v) is 43.1. The number of nitrogens with one attached hydrogen (secondary N) is 2. The van der Waals surface area contributed by atoms with E-state index < -0.39 is 33.3 Å². The predicted molar refractivity (Wildman–Crippen MR) is 268 cm³/mol. The van der Waals surface area contributed by atoms with Crippen molar-refractivity contribution in [3.8, 4) is 11.3 Å². The zero-order chi connectivity index (χ0) is 45.5. The maximum atomic E-state index is 7.79. The van der Waals surface area contributed by atoms with Gasteiger partial charge in [-0.2, -0.15) is 0 Å². The van der Waals surface area contributed by atoms with Crippen molar-refractivity contribution < 1.29 is 17.7 Å². The molecule has 3 unspecified atom stereocenters. The van der Waals surface area contributed by atoms with Crippen LogP contribution >= 0.6 is 0 Å². The summed E-state index contributed by atoms with van der Waals surface area (Å²) in [6.45, 7) is 52.3. The van der Waals surface area contributed by atoms with Crippen molar-refractivity contribution in [2.24, 2.45) is 0 Å². The molecule has 3 aromatic rings. The Bertz CT molecular complexity index is 1850. The number of anilines is 1. The fraction of sp³-hybridized carbons (Fsp3) is 0.673. The van der Waals surface area contributed by atoms with Crippen LogP contribution in [0.3, 0.4) is 0 Å². The van der Waals surface area contributed by atoms with Crippen LogP contribution in [0.25, 0.3) is 11.3 Å². The van der Waals surface area contributed by atoms with E-state index in [2.05, 4.69) is 206 Å². The van der Waals surface area contributed by atoms with E-state index in [0.717, 1.165) is 31.0 Å². The lowest BCUT2D eigenvalue weighted by molar-refractivity contribution is -0.130. The number of piperidine rings is 1. The van der Waals surface area contributed by atoms with Gasteiger partial charge in [0.25, 0.3) is 0 Å². The minimum Gasteiger partial charge on any atom is -0.415 e. The molecule has 0 radical (unpaired) electrons. The van der Waals surface area contributed by atoms with Crippen LogP contribution in [0, 0.1) is 6.92 Å². The number of nitrogens with zero attached hydrogens (tertiary/aromatic N) is 1. The van der Waals surface area contributed by atoms with E-state index in [1.807, 2.05) is 12.3 Å². The van der Waals surface area contributed by atoms with Crippen LogP contribution in [0.2, 0.25) is 72.5 Å². The Balaban J connectivity index is 1.82. The molecule has 4 rings (SSSR count). The van der Waals surface area contributed by atoms with Crippen LogP contribution in [0.1, 0.15) is 99.8 Å². The lowest BCUT2D eigenvalue weighted by Crippen LogP contribution is -2.70. The van der Waals surface area contributed by atoms with E-state index in [0.29, 0.717) is 6.61 Å². The monoisotopic (exact) mass is 894 g/mol. The Morgan fingerprint density at radius 1 is 0.633 bits per heavy atom. The van der Waals surface area contributed by atoms with E-state index in [4.69, 9.17) is 17.7 Å². The highest BCUT2D eigenvalue weighted by atomic mass is 28.4. The molecule has 11 heteroatoms. The van der Waals surface area contributed by atoms with Gasteiger partial charge in [0.2, 0.25) is 0 Å². The van der Waals surface area contributed by atoms with Crippen molar-refractivity contribution in [3.05, 3.63) is 77.5 Å². The summed E-state index contributed by atoms with van der Waals surface area (Å²) >= 11 is 0. The maximum Gasteiger partial charge on any atom is 0.192 e. The molecule has 4 atom stereocenters. The molecule has 338 valence electrons. The smallest absolute Gasteiger partial charge is 0.192 e. The van der Waals surface area contributed by atoms with Crippen LogP contribution < -0.4 is 5.32 Å². The minimum atomic E-state index is -2.32. The molecule has 1 aliphatic heterocycles. The van der Waals surface area contributed by atoms with Gasteiger partial charge in [-0.1, -0.05) is 107 Å². The third-order valence-corrected chi connectivity index (χ3v) is 32.9. The van der Waals surface area contributed by atoms with Crippen molar-refractivity contribution in [3.63, 3.8) is 0 Å². The first kappa shape index (κ1) is 50.8. The molecule has 0 aliphatic carbocycles. The summed E-state index contributed by atoms with van der Waals surface area (Å²) in [5, 5.41) is 3.90. The number of likely N-dealkylation sites (tertiary alicyclic amines) is 1. The van der Waals surface area contributed by atoms with E-state index in [1.165, 1.54) is 22.3 Å². The van der Waals surface area contributed by atoms with E-state index >= 15 is 0 Å². The molecule has 1 fully saturated rings. The number of aryl methyl sites for hydroxylation is 1. The zero-order valence-electron chi connectivity index (χ0n) is 42.0. The van der Waals surface area contributed by atoms with Crippen molar-refractivity contribution in [1.82, 2.24) is 9.88 Å². The van der Waals surface area contributed by atoms with Gasteiger partial charge < -0.3 is 28.0 Å². The van der Waals surface area contributed by atoms with Crippen LogP contribution in [0.5, 0.6) is 0 Å². The number of hydrogen-bond donors (Lipinski definition) is 2. The van der Waals surface area contributed by atoms with E-state index in [-0.39, 0.29) is 44.5 Å². The van der Waals surface area contributed by atoms with E-state index in [1.54, 1.807) is 0 Å². The zero-order valence-corrected chi connectivity index (χ0v) is 46.0. The molecule has 1 aromatic heterocycles. The molecular formula is C49H87N3O4Si4. The summed E-state index contributed by atoms with van der Waals surface area (Å²) in [5.41, 5.74) is 7.20. The fourth-order valence-corrected chi connectivity index (χ4v) is 11.8. The Kier molecular flexibility index (Phi) is 15.5. The molecule has 0 saturated carbocycles. The quantitative estimate of drug-likeness (QED) is 0.148. The number of aromatic amines is 1. The number of H-pyrrole nitrogens is 1. The van der Waals surface area contributed by atoms with Gasteiger partial charge >= 0.3 is 0 Å². The SMILES string of the molecule is Cc1cc(NCc2cccc(CN3CC(O[Si](C)(C)C(C)(C)C)C(O[Si](C)(C)C(C)(C)C)C(O[Si](C)(C)C(C)(C)C)[C@H]3CO[Si](C)(C)C(C)(C)C)c2)cc(-c2ccc[nH]2)c1. The lowest BCUT2D eigenvalue weighted by Gasteiger charge is -2.56.